The van der Waals surface area contributed by atoms with Crippen molar-refractivity contribution in [3.63, 3.8) is 0 Å². The molecule has 8 nitrogen and oxygen atoms in total. The average Bonchev–Trinajstić information content (AvgIpc) is 3.55. The Bertz CT molecular complexity index is 977. The van der Waals surface area contributed by atoms with Gasteiger partial charge >= 0.3 is 0 Å². The number of carbonyl (C=O) groups is 2. The second-order valence-electron chi connectivity index (χ2n) is 10.8. The molecule has 1 fully saturated rings. The lowest BCUT2D eigenvalue weighted by Gasteiger charge is -2.40. The van der Waals surface area contributed by atoms with E-state index in [2.05, 4.69) is 24.2 Å². The maximum atomic E-state index is 13.4. The highest BCUT2D eigenvalue weighted by atomic mass is 16.5. The fourth-order valence-electron chi connectivity index (χ4n) is 5.39. The SMILES string of the molecule is CCC1(C)CC(NC(=O)[C@H]2C[C@@H]2[C@@H](CCOC)N2C(=O)CC(C)(C)N=C2N)c2ccccc2O1. The molecule has 8 heteroatoms. The maximum Gasteiger partial charge on any atom is 0.231 e. The van der Waals surface area contributed by atoms with Crippen LogP contribution < -0.4 is 15.8 Å². The van der Waals surface area contributed by atoms with E-state index in [0.29, 0.717) is 19.4 Å². The topological polar surface area (TPSA) is 106 Å². The van der Waals surface area contributed by atoms with Crippen LogP contribution in [-0.4, -0.2) is 53.6 Å². The molecule has 1 saturated carbocycles. The number of para-hydroxylation sites is 1. The molecular formula is C26H38N4O4. The lowest BCUT2D eigenvalue weighted by molar-refractivity contribution is -0.132. The third kappa shape index (κ3) is 4.92. The first kappa shape index (κ1) is 24.5. The van der Waals surface area contributed by atoms with Gasteiger partial charge in [0.2, 0.25) is 11.8 Å². The first-order valence-corrected chi connectivity index (χ1v) is 12.3. The van der Waals surface area contributed by atoms with Crippen molar-refractivity contribution in [3.8, 4) is 5.75 Å². The van der Waals surface area contributed by atoms with E-state index >= 15 is 0 Å². The molecule has 3 N–H and O–H groups in total. The van der Waals surface area contributed by atoms with Crippen molar-refractivity contribution >= 4 is 17.8 Å². The van der Waals surface area contributed by atoms with Crippen LogP contribution in [0.2, 0.25) is 0 Å². The van der Waals surface area contributed by atoms with Gasteiger partial charge in [0.15, 0.2) is 5.96 Å². The number of ether oxygens (including phenoxy) is 2. The van der Waals surface area contributed by atoms with Crippen molar-refractivity contribution in [2.45, 2.75) is 83.0 Å². The van der Waals surface area contributed by atoms with E-state index in [0.717, 1.165) is 30.6 Å². The molecule has 0 radical (unpaired) electrons. The molecule has 186 valence electrons. The number of hydrogen-bond donors (Lipinski definition) is 2. The number of rotatable bonds is 8. The van der Waals surface area contributed by atoms with Crippen LogP contribution in [-0.2, 0) is 14.3 Å². The zero-order valence-corrected chi connectivity index (χ0v) is 21.0. The van der Waals surface area contributed by atoms with Gasteiger partial charge in [0, 0.05) is 37.7 Å². The molecule has 2 heterocycles. The van der Waals surface area contributed by atoms with E-state index in [-0.39, 0.29) is 47.3 Å². The van der Waals surface area contributed by atoms with Crippen LogP contribution in [0, 0.1) is 11.8 Å². The Balaban J connectivity index is 1.50. The highest BCUT2D eigenvalue weighted by molar-refractivity contribution is 5.99. The molecule has 4 rings (SSSR count). The first-order valence-electron chi connectivity index (χ1n) is 12.3. The number of fused-ring (bicyclic) bond motifs is 1. The normalized spacial score (nSPS) is 30.6. The minimum Gasteiger partial charge on any atom is -0.487 e. The van der Waals surface area contributed by atoms with Gasteiger partial charge in [-0.05, 0) is 52.0 Å². The van der Waals surface area contributed by atoms with Crippen LogP contribution in [0.15, 0.2) is 29.3 Å². The van der Waals surface area contributed by atoms with Crippen molar-refractivity contribution in [1.29, 1.82) is 0 Å². The quantitative estimate of drug-likeness (QED) is 0.607. The lowest BCUT2D eigenvalue weighted by Crippen LogP contribution is -2.55. The largest absolute Gasteiger partial charge is 0.487 e. The van der Waals surface area contributed by atoms with Crippen molar-refractivity contribution in [2.75, 3.05) is 13.7 Å². The van der Waals surface area contributed by atoms with Crippen molar-refractivity contribution in [1.82, 2.24) is 10.2 Å². The second-order valence-corrected chi connectivity index (χ2v) is 10.8. The van der Waals surface area contributed by atoms with Crippen molar-refractivity contribution in [3.05, 3.63) is 29.8 Å². The summed E-state index contributed by atoms with van der Waals surface area (Å²) in [6, 6.07) is 7.61. The summed E-state index contributed by atoms with van der Waals surface area (Å²) in [6.45, 7) is 8.49. The van der Waals surface area contributed by atoms with Crippen LogP contribution in [0.1, 0.15) is 71.4 Å². The van der Waals surface area contributed by atoms with Gasteiger partial charge in [0.1, 0.15) is 11.4 Å². The number of nitrogens with two attached hydrogens (primary N) is 1. The molecular weight excluding hydrogens is 432 g/mol. The van der Waals surface area contributed by atoms with Gasteiger partial charge in [0.25, 0.3) is 0 Å². The highest BCUT2D eigenvalue weighted by Gasteiger charge is 2.52. The van der Waals surface area contributed by atoms with Crippen LogP contribution in [0.4, 0.5) is 0 Å². The lowest BCUT2D eigenvalue weighted by atomic mass is 9.86. The van der Waals surface area contributed by atoms with Crippen LogP contribution in [0.5, 0.6) is 5.75 Å². The Morgan fingerprint density at radius 2 is 2.09 bits per heavy atom. The van der Waals surface area contributed by atoms with Gasteiger partial charge < -0.3 is 20.5 Å². The predicted molar refractivity (Wildman–Crippen MR) is 130 cm³/mol. The molecule has 0 aromatic heterocycles. The zero-order chi connectivity index (χ0) is 24.7. The fourth-order valence-corrected chi connectivity index (χ4v) is 5.39. The molecule has 0 bridgehead atoms. The zero-order valence-electron chi connectivity index (χ0n) is 21.0. The maximum absolute atomic E-state index is 13.4. The standard InChI is InChI=1S/C26H38N4O4/c1-6-26(4)14-19(16-9-7-8-10-21(16)34-26)28-23(32)18-13-17(18)20(11-12-33-5)30-22(31)15-25(2,3)29-24(30)27/h7-10,17-20H,6,11-15H2,1-5H3,(H2,27,29)(H,28,32)/t17-,18-,19?,20+,26?/m0/s1. The molecule has 0 spiro atoms. The third-order valence-corrected chi connectivity index (χ3v) is 7.49. The van der Waals surface area contributed by atoms with E-state index in [1.54, 1.807) is 12.0 Å². The Kier molecular flexibility index (Phi) is 6.64. The summed E-state index contributed by atoms with van der Waals surface area (Å²) in [4.78, 5) is 32.5. The minimum atomic E-state index is -0.508. The fraction of sp³-hybridized carbons (Fsp3) is 0.654. The summed E-state index contributed by atoms with van der Waals surface area (Å²) in [7, 11) is 1.64. The second kappa shape index (κ2) is 9.21. The Morgan fingerprint density at radius 3 is 2.76 bits per heavy atom. The summed E-state index contributed by atoms with van der Waals surface area (Å²) >= 11 is 0. The molecule has 5 atom stereocenters. The monoisotopic (exact) mass is 470 g/mol. The van der Waals surface area contributed by atoms with Gasteiger partial charge in [-0.15, -0.1) is 0 Å². The average molecular weight is 471 g/mol. The van der Waals surface area contributed by atoms with Gasteiger partial charge in [-0.25, -0.2) is 4.99 Å². The smallest absolute Gasteiger partial charge is 0.231 e. The summed E-state index contributed by atoms with van der Waals surface area (Å²) in [6.07, 6.45) is 3.20. The van der Waals surface area contributed by atoms with E-state index in [4.69, 9.17) is 15.2 Å². The number of methoxy groups -OCH3 is 1. The number of nitrogens with one attached hydrogen (secondary N) is 1. The molecule has 0 saturated heterocycles. The summed E-state index contributed by atoms with van der Waals surface area (Å²) in [5.41, 5.74) is 6.43. The van der Waals surface area contributed by atoms with Gasteiger partial charge in [-0.3, -0.25) is 14.5 Å². The third-order valence-electron chi connectivity index (χ3n) is 7.49. The van der Waals surface area contributed by atoms with Crippen molar-refractivity contribution in [2.24, 2.45) is 22.6 Å². The number of nitrogens with zero attached hydrogens (tertiary/aromatic N) is 2. The minimum absolute atomic E-state index is 0.0212. The Labute approximate surface area is 202 Å². The first-order chi connectivity index (χ1) is 16.1. The van der Waals surface area contributed by atoms with E-state index in [1.807, 2.05) is 38.1 Å². The summed E-state index contributed by atoms with van der Waals surface area (Å²) in [5, 5.41) is 3.29. The molecule has 1 aliphatic carbocycles. The molecule has 1 aromatic carbocycles. The number of carbonyl (C=O) groups excluding carboxylic acids is 2. The number of amides is 2. The Hall–Kier alpha value is -2.61. The number of hydrogen-bond acceptors (Lipinski definition) is 6. The molecule has 3 aliphatic rings. The molecule has 34 heavy (non-hydrogen) atoms. The Morgan fingerprint density at radius 1 is 1.35 bits per heavy atom. The highest BCUT2D eigenvalue weighted by Crippen LogP contribution is 2.47. The molecule has 2 unspecified atom stereocenters. The number of benzene rings is 1. The van der Waals surface area contributed by atoms with Crippen molar-refractivity contribution < 1.29 is 19.1 Å². The van der Waals surface area contributed by atoms with E-state index in [1.165, 1.54) is 0 Å². The number of aliphatic imine (C=N–C) groups is 1. The number of guanidine groups is 1. The van der Waals surface area contributed by atoms with Crippen LogP contribution >= 0.6 is 0 Å². The van der Waals surface area contributed by atoms with Gasteiger partial charge in [-0.1, -0.05) is 25.1 Å². The summed E-state index contributed by atoms with van der Waals surface area (Å²) < 4.78 is 11.6. The molecule has 2 aliphatic heterocycles. The van der Waals surface area contributed by atoms with E-state index < -0.39 is 5.54 Å². The van der Waals surface area contributed by atoms with Crippen LogP contribution in [0.25, 0.3) is 0 Å². The van der Waals surface area contributed by atoms with E-state index in [9.17, 15) is 9.59 Å². The van der Waals surface area contributed by atoms with Gasteiger partial charge in [0.05, 0.1) is 18.0 Å². The summed E-state index contributed by atoms with van der Waals surface area (Å²) in [5.74, 6) is 0.918. The van der Waals surface area contributed by atoms with Crippen LogP contribution in [0.3, 0.4) is 0 Å². The molecule has 2 amide bonds. The van der Waals surface area contributed by atoms with Gasteiger partial charge in [-0.2, -0.15) is 0 Å². The molecule has 1 aromatic rings. The predicted octanol–water partition coefficient (Wildman–Crippen LogP) is 3.16.